The van der Waals surface area contributed by atoms with Crippen LogP contribution in [0.3, 0.4) is 0 Å². The van der Waals surface area contributed by atoms with Gasteiger partial charge in [0.1, 0.15) is 12.1 Å². The summed E-state index contributed by atoms with van der Waals surface area (Å²) in [6.45, 7) is 7.37. The Hall–Kier alpha value is -2.40. The minimum absolute atomic E-state index is 0.0176. The topological polar surface area (TPSA) is 127 Å². The molecule has 3 fully saturated rings. The van der Waals surface area contributed by atoms with Gasteiger partial charge in [-0.05, 0) is 66.5 Å². The first kappa shape index (κ1) is 31.0. The van der Waals surface area contributed by atoms with E-state index in [1.807, 2.05) is 25.7 Å². The summed E-state index contributed by atoms with van der Waals surface area (Å²) in [6.07, 6.45) is 6.97. The summed E-state index contributed by atoms with van der Waals surface area (Å²) in [5.41, 5.74) is -5.69. The Balaban J connectivity index is 1.33. The van der Waals surface area contributed by atoms with Crippen LogP contribution in [0.15, 0.2) is 24.3 Å². The molecule has 3 aliphatic rings. The second kappa shape index (κ2) is 10.9. The number of benzene rings is 1. The van der Waals surface area contributed by atoms with Gasteiger partial charge in [0.15, 0.2) is 0 Å². The fourth-order valence-corrected chi connectivity index (χ4v) is 8.10. The highest BCUT2D eigenvalue weighted by Crippen LogP contribution is 2.59. The Morgan fingerprint density at radius 1 is 1.07 bits per heavy atom. The summed E-state index contributed by atoms with van der Waals surface area (Å²) >= 11 is 1.02. The van der Waals surface area contributed by atoms with Gasteiger partial charge in [-0.15, -0.1) is 11.3 Å². The maximum atomic E-state index is 14.3. The molecule has 1 saturated carbocycles. The van der Waals surface area contributed by atoms with E-state index in [2.05, 4.69) is 5.32 Å². The second-order valence-corrected chi connectivity index (χ2v) is 15.9. The number of thiophene rings is 1. The smallest absolute Gasteiger partial charge is 0.340 e. The van der Waals surface area contributed by atoms with Crippen LogP contribution >= 0.6 is 18.9 Å². The van der Waals surface area contributed by atoms with Gasteiger partial charge >= 0.3 is 13.3 Å². The molecule has 2 aromatic rings. The molecule has 3 amide bonds. The fraction of sp³-hybridized carbons (Fsp3) is 0.621. The molecule has 1 aliphatic carbocycles. The van der Waals surface area contributed by atoms with Crippen molar-refractivity contribution in [3.8, 4) is 0 Å². The van der Waals surface area contributed by atoms with Crippen molar-refractivity contribution in [2.45, 2.75) is 83.5 Å². The van der Waals surface area contributed by atoms with E-state index < -0.39 is 42.2 Å². The number of carbonyl (C=O) groups is 3. The van der Waals surface area contributed by atoms with E-state index in [1.165, 1.54) is 25.0 Å². The van der Waals surface area contributed by atoms with E-state index in [1.54, 1.807) is 4.90 Å². The minimum Gasteiger partial charge on any atom is -0.340 e. The van der Waals surface area contributed by atoms with E-state index in [4.69, 9.17) is 9.79 Å². The van der Waals surface area contributed by atoms with Crippen LogP contribution in [0, 0.1) is 10.8 Å². The Kier molecular flexibility index (Phi) is 8.09. The van der Waals surface area contributed by atoms with Crippen LogP contribution < -0.4 is 5.32 Å². The van der Waals surface area contributed by atoms with Crippen molar-refractivity contribution in [3.05, 3.63) is 34.7 Å². The van der Waals surface area contributed by atoms with Gasteiger partial charge in [0, 0.05) is 29.9 Å². The lowest BCUT2D eigenvalue weighted by atomic mass is 9.85. The summed E-state index contributed by atoms with van der Waals surface area (Å²) in [6, 6.07) is 3.04. The predicted octanol–water partition coefficient (Wildman–Crippen LogP) is 5.06. The van der Waals surface area contributed by atoms with Crippen LogP contribution in [-0.4, -0.2) is 69.0 Å². The van der Waals surface area contributed by atoms with Gasteiger partial charge in [0.25, 0.3) is 5.91 Å². The number of likely N-dealkylation sites (tertiary alicyclic amines) is 2. The molecule has 3 heterocycles. The third-order valence-electron chi connectivity index (χ3n) is 9.08. The number of hydrogen-bond acceptors (Lipinski definition) is 5. The quantitative estimate of drug-likeness (QED) is 0.386. The Labute approximate surface area is 247 Å². The molecule has 2 saturated heterocycles. The number of rotatable bonds is 6. The molecular formula is C29H38F2N3O6PS. The highest BCUT2D eigenvalue weighted by Gasteiger charge is 2.50. The van der Waals surface area contributed by atoms with Crippen molar-refractivity contribution in [2.75, 3.05) is 19.6 Å². The molecule has 1 aromatic carbocycles. The molecule has 0 radical (unpaired) electrons. The van der Waals surface area contributed by atoms with Gasteiger partial charge in [-0.1, -0.05) is 39.7 Å². The zero-order valence-corrected chi connectivity index (χ0v) is 25.8. The van der Waals surface area contributed by atoms with Crippen molar-refractivity contribution in [1.82, 2.24) is 15.1 Å². The SMILES string of the molecule is CC(C)(C)C(NC(=O)c1cc2cc(C(F)(F)P(=O)(O)O)ccc2s1)C(=O)N1CCCC1C(=O)N1CCC2(CCCC2)C1. The van der Waals surface area contributed by atoms with Gasteiger partial charge < -0.3 is 24.9 Å². The Bertz CT molecular complexity index is 1440. The molecule has 13 heteroatoms. The predicted molar refractivity (Wildman–Crippen MR) is 155 cm³/mol. The Morgan fingerprint density at radius 3 is 2.40 bits per heavy atom. The van der Waals surface area contributed by atoms with Gasteiger partial charge in [-0.2, -0.15) is 8.78 Å². The number of amides is 3. The monoisotopic (exact) mass is 625 g/mol. The summed E-state index contributed by atoms with van der Waals surface area (Å²) in [4.78, 5) is 62.8. The summed E-state index contributed by atoms with van der Waals surface area (Å²) < 4.78 is 40.3. The van der Waals surface area contributed by atoms with E-state index in [0.29, 0.717) is 30.6 Å². The number of nitrogens with zero attached hydrogens (tertiary/aromatic N) is 2. The van der Waals surface area contributed by atoms with Crippen LogP contribution in [0.4, 0.5) is 8.78 Å². The van der Waals surface area contributed by atoms with Crippen LogP contribution in [-0.2, 0) is 19.8 Å². The average molecular weight is 626 g/mol. The molecule has 1 aromatic heterocycles. The molecule has 1 spiro atoms. The fourth-order valence-electron chi connectivity index (χ4n) is 6.68. The normalized spacial score (nSPS) is 21.8. The molecule has 9 nitrogen and oxygen atoms in total. The number of carbonyl (C=O) groups excluding carboxylic acids is 3. The Morgan fingerprint density at radius 2 is 1.76 bits per heavy atom. The maximum absolute atomic E-state index is 14.3. The van der Waals surface area contributed by atoms with E-state index in [9.17, 15) is 27.7 Å². The van der Waals surface area contributed by atoms with Crippen LogP contribution in [0.25, 0.3) is 10.1 Å². The number of alkyl halides is 2. The molecular weight excluding hydrogens is 587 g/mol. The van der Waals surface area contributed by atoms with E-state index in [0.717, 1.165) is 49.3 Å². The zero-order chi connectivity index (χ0) is 30.7. The molecule has 2 atom stereocenters. The molecule has 2 unspecified atom stereocenters. The highest BCUT2D eigenvalue weighted by molar-refractivity contribution is 7.52. The molecule has 3 N–H and O–H groups in total. The molecule has 230 valence electrons. The lowest BCUT2D eigenvalue weighted by Gasteiger charge is -2.36. The molecule has 0 bridgehead atoms. The third kappa shape index (κ3) is 5.75. The highest BCUT2D eigenvalue weighted by atomic mass is 32.1. The maximum Gasteiger partial charge on any atom is 0.399 e. The number of nitrogens with one attached hydrogen (secondary N) is 1. The third-order valence-corrected chi connectivity index (χ3v) is 11.2. The van der Waals surface area contributed by atoms with Crippen molar-refractivity contribution in [2.24, 2.45) is 10.8 Å². The first-order valence-corrected chi connectivity index (χ1v) is 16.8. The lowest BCUT2D eigenvalue weighted by molar-refractivity contribution is -0.145. The zero-order valence-electron chi connectivity index (χ0n) is 24.1. The van der Waals surface area contributed by atoms with Crippen molar-refractivity contribution in [1.29, 1.82) is 0 Å². The standard InChI is InChI=1S/C29H38F2N3O6PS/c1-27(2,3)23(26(37)34-13-6-7-20(34)25(36)33-14-12-28(17-33)10-4-5-11-28)32-24(35)22-16-18-15-19(8-9-21(18)42-22)29(30,31)41(38,39)40/h8-9,15-16,20,23H,4-7,10-14,17H2,1-3H3,(H,32,35)(H2,38,39,40). The first-order chi connectivity index (χ1) is 19.5. The van der Waals surface area contributed by atoms with Crippen molar-refractivity contribution in [3.63, 3.8) is 0 Å². The summed E-state index contributed by atoms with van der Waals surface area (Å²) in [5.74, 6) is -0.917. The largest absolute Gasteiger partial charge is 0.399 e. The number of fused-ring (bicyclic) bond motifs is 1. The number of hydrogen-bond donors (Lipinski definition) is 3. The summed E-state index contributed by atoms with van der Waals surface area (Å²) in [7, 11) is -5.75. The van der Waals surface area contributed by atoms with Crippen LogP contribution in [0.1, 0.15) is 81.0 Å². The molecule has 5 rings (SSSR count). The van der Waals surface area contributed by atoms with Crippen molar-refractivity contribution < 1.29 is 37.5 Å². The van der Waals surface area contributed by atoms with Crippen LogP contribution in [0.2, 0.25) is 0 Å². The van der Waals surface area contributed by atoms with E-state index in [-0.39, 0.29) is 27.5 Å². The van der Waals surface area contributed by atoms with Gasteiger partial charge in [-0.25, -0.2) is 0 Å². The van der Waals surface area contributed by atoms with Gasteiger partial charge in [-0.3, -0.25) is 18.9 Å². The average Bonchev–Trinajstić information content (AvgIpc) is 3.72. The first-order valence-electron chi connectivity index (χ1n) is 14.4. The van der Waals surface area contributed by atoms with E-state index >= 15 is 0 Å². The number of halogens is 2. The van der Waals surface area contributed by atoms with Gasteiger partial charge in [0.05, 0.1) is 4.88 Å². The minimum atomic E-state index is -5.75. The lowest BCUT2D eigenvalue weighted by Crippen LogP contribution is -2.57. The second-order valence-electron chi connectivity index (χ2n) is 13.1. The summed E-state index contributed by atoms with van der Waals surface area (Å²) in [5, 5.41) is 3.06. The van der Waals surface area contributed by atoms with Gasteiger partial charge in [0.2, 0.25) is 11.8 Å². The van der Waals surface area contributed by atoms with Crippen molar-refractivity contribution >= 4 is 46.7 Å². The van der Waals surface area contributed by atoms with Crippen LogP contribution in [0.5, 0.6) is 0 Å². The molecule has 2 aliphatic heterocycles. The molecule has 42 heavy (non-hydrogen) atoms.